The fraction of sp³-hybridized carbons (Fsp3) is 0.448. The maximum atomic E-state index is 15.2. The Morgan fingerprint density at radius 1 is 1.27 bits per heavy atom. The summed E-state index contributed by atoms with van der Waals surface area (Å²) in [6.07, 6.45) is 3.11. The van der Waals surface area contributed by atoms with Crippen LogP contribution in [0.1, 0.15) is 72.9 Å². The molecule has 1 aromatic heterocycles. The summed E-state index contributed by atoms with van der Waals surface area (Å²) < 4.78 is 60.7. The van der Waals surface area contributed by atoms with Crippen LogP contribution in [0.3, 0.4) is 0 Å². The highest BCUT2D eigenvalue weighted by Gasteiger charge is 2.32. The van der Waals surface area contributed by atoms with Crippen molar-refractivity contribution in [1.82, 2.24) is 14.9 Å². The monoisotopic (exact) mass is 561 g/mol. The topological polar surface area (TPSA) is 93.7 Å². The predicted octanol–water partition coefficient (Wildman–Crippen LogP) is 6.01. The Hall–Kier alpha value is -3.60. The molecule has 2 unspecified atom stereocenters. The van der Waals surface area contributed by atoms with E-state index in [1.54, 1.807) is 45.3 Å². The fourth-order valence-electron chi connectivity index (χ4n) is 4.08. The van der Waals surface area contributed by atoms with Crippen LogP contribution in [0.25, 0.3) is 17.3 Å². The highest BCUT2D eigenvalue weighted by atomic mass is 19.4. The number of carbonyl (C=O) groups is 1. The van der Waals surface area contributed by atoms with Gasteiger partial charge in [0.05, 0.1) is 23.4 Å². The van der Waals surface area contributed by atoms with E-state index in [0.29, 0.717) is 42.5 Å². The molecule has 1 aliphatic rings. The Balaban J connectivity index is 2.15. The first-order valence-corrected chi connectivity index (χ1v) is 13.0. The third kappa shape index (κ3) is 7.53. The Kier molecular flexibility index (Phi) is 10.2. The number of aliphatic imine (C=N–C) groups is 1. The van der Waals surface area contributed by atoms with E-state index in [4.69, 9.17) is 10.5 Å². The van der Waals surface area contributed by atoms with E-state index in [1.165, 1.54) is 6.20 Å². The van der Waals surface area contributed by atoms with Gasteiger partial charge in [0.2, 0.25) is 0 Å². The molecule has 1 saturated carbocycles. The third-order valence-electron chi connectivity index (χ3n) is 6.90. The minimum absolute atomic E-state index is 0.00204. The molecule has 0 saturated heterocycles. The Labute approximate surface area is 231 Å². The quantitative estimate of drug-likeness (QED) is 0.194. The van der Waals surface area contributed by atoms with E-state index < -0.39 is 23.7 Å². The van der Waals surface area contributed by atoms with Gasteiger partial charge in [0.15, 0.2) is 6.29 Å². The van der Waals surface area contributed by atoms with Crippen LogP contribution in [-0.4, -0.2) is 60.7 Å². The van der Waals surface area contributed by atoms with Gasteiger partial charge in [-0.25, -0.2) is 14.4 Å². The van der Waals surface area contributed by atoms with Gasteiger partial charge in [-0.15, -0.1) is 0 Å². The number of alkyl halides is 3. The Bertz CT molecular complexity index is 1300. The van der Waals surface area contributed by atoms with Crippen molar-refractivity contribution in [1.29, 1.82) is 0 Å². The molecule has 0 bridgehead atoms. The van der Waals surface area contributed by atoms with Crippen molar-refractivity contribution >= 4 is 18.6 Å². The van der Waals surface area contributed by atoms with E-state index in [0.717, 1.165) is 25.0 Å². The number of aldehydes is 1. The minimum atomic E-state index is -4.71. The second-order valence-electron chi connectivity index (χ2n) is 9.96. The van der Waals surface area contributed by atoms with Crippen LogP contribution in [0.4, 0.5) is 17.6 Å². The van der Waals surface area contributed by atoms with Crippen molar-refractivity contribution in [3.63, 3.8) is 0 Å². The number of allylic oxidation sites excluding steroid dienone is 1. The van der Waals surface area contributed by atoms with E-state index in [1.807, 2.05) is 6.92 Å². The lowest BCUT2D eigenvalue weighted by Gasteiger charge is -2.23. The average Bonchev–Trinajstić information content (AvgIpc) is 3.74. The number of halogens is 4. The van der Waals surface area contributed by atoms with Crippen LogP contribution in [0, 0.1) is 5.82 Å². The van der Waals surface area contributed by atoms with Gasteiger partial charge in [-0.2, -0.15) is 13.2 Å². The van der Waals surface area contributed by atoms with Crippen LogP contribution < -0.4 is 5.73 Å². The first-order chi connectivity index (χ1) is 18.9. The van der Waals surface area contributed by atoms with E-state index in [9.17, 15) is 18.0 Å². The van der Waals surface area contributed by atoms with E-state index in [2.05, 4.69) is 15.0 Å². The highest BCUT2D eigenvalue weighted by Crippen LogP contribution is 2.36. The van der Waals surface area contributed by atoms with E-state index >= 15 is 4.39 Å². The third-order valence-corrected chi connectivity index (χ3v) is 6.90. The molecule has 1 aromatic carbocycles. The number of benzene rings is 1. The SMILES string of the molecule is CCC(CC(OC)/C(C=NC1CC1)=C/N)c1nc(C=O)c(/C=C(/C)N(C)C)c(-c2ccc(C(F)(F)F)cc2F)n1. The fourth-order valence-corrected chi connectivity index (χ4v) is 4.08. The summed E-state index contributed by atoms with van der Waals surface area (Å²) in [4.78, 5) is 27.7. The van der Waals surface area contributed by atoms with Gasteiger partial charge in [0.25, 0.3) is 0 Å². The van der Waals surface area contributed by atoms with Gasteiger partial charge >= 0.3 is 6.18 Å². The number of ether oxygens (including phenoxy) is 1. The standard InChI is InChI=1S/C29H35F4N5O2/c1-6-18(12-26(40-5)19(14-34)15-35-21-8-9-21)28-36-25(16-39)23(11-17(2)38(3)4)27(37-28)22-10-7-20(13-24(22)30)29(31,32)33/h7,10-11,13-16,18,21,26H,6,8-9,12,34H2,1-5H3/b17-11-,19-14+,35-15?. The second-order valence-corrected chi connectivity index (χ2v) is 9.96. The number of nitrogens with two attached hydrogens (primary N) is 1. The van der Waals surface area contributed by atoms with Crippen LogP contribution >= 0.6 is 0 Å². The molecule has 0 amide bonds. The van der Waals surface area contributed by atoms with Crippen LogP contribution in [0.15, 0.2) is 40.7 Å². The maximum absolute atomic E-state index is 15.2. The van der Waals surface area contributed by atoms with Crippen molar-refractivity contribution in [2.45, 2.75) is 63.8 Å². The minimum Gasteiger partial charge on any atom is -0.404 e. The summed E-state index contributed by atoms with van der Waals surface area (Å²) in [5.74, 6) is -1.21. The van der Waals surface area contributed by atoms with E-state index in [-0.39, 0.29) is 34.3 Å². The summed E-state index contributed by atoms with van der Waals surface area (Å²) in [5.41, 5.74) is 6.18. The lowest BCUT2D eigenvalue weighted by molar-refractivity contribution is -0.137. The molecule has 216 valence electrons. The number of carbonyl (C=O) groups excluding carboxylic acids is 1. The number of methoxy groups -OCH3 is 1. The summed E-state index contributed by atoms with van der Waals surface area (Å²) in [7, 11) is 5.12. The van der Waals surface area contributed by atoms with Gasteiger partial charge in [0.1, 0.15) is 17.3 Å². The molecule has 2 N–H and O–H groups in total. The molecule has 7 nitrogen and oxygen atoms in total. The molecular formula is C29H35F4N5O2. The van der Waals surface area contributed by atoms with Gasteiger partial charge in [0, 0.05) is 61.9 Å². The van der Waals surface area contributed by atoms with Gasteiger partial charge in [-0.05, 0) is 56.9 Å². The van der Waals surface area contributed by atoms with Crippen LogP contribution in [0.2, 0.25) is 0 Å². The maximum Gasteiger partial charge on any atom is 0.416 e. The molecule has 0 spiro atoms. The zero-order chi connectivity index (χ0) is 29.6. The first kappa shape index (κ1) is 30.9. The second kappa shape index (κ2) is 13.2. The van der Waals surface area contributed by atoms with Gasteiger partial charge in [-0.3, -0.25) is 9.79 Å². The van der Waals surface area contributed by atoms with Gasteiger partial charge < -0.3 is 15.4 Å². The summed E-state index contributed by atoms with van der Waals surface area (Å²) >= 11 is 0. The summed E-state index contributed by atoms with van der Waals surface area (Å²) in [6, 6.07) is 2.55. The normalized spacial score (nSPS) is 16.3. The summed E-state index contributed by atoms with van der Waals surface area (Å²) in [5, 5.41) is 0. The number of nitrogens with zero attached hydrogens (tertiary/aromatic N) is 4. The number of hydrogen-bond donors (Lipinski definition) is 1. The lowest BCUT2D eigenvalue weighted by atomic mass is 9.93. The largest absolute Gasteiger partial charge is 0.416 e. The van der Waals surface area contributed by atoms with Crippen molar-refractivity contribution in [3.05, 3.63) is 64.1 Å². The van der Waals surface area contributed by atoms with Crippen LogP contribution in [0.5, 0.6) is 0 Å². The number of rotatable bonds is 12. The Morgan fingerprint density at radius 2 is 1.98 bits per heavy atom. The molecular weight excluding hydrogens is 526 g/mol. The van der Waals surface area contributed by atoms with Crippen molar-refractivity contribution < 1.29 is 27.1 Å². The molecule has 3 rings (SSSR count). The molecule has 11 heteroatoms. The van der Waals surface area contributed by atoms with Crippen molar-refractivity contribution in [2.75, 3.05) is 21.2 Å². The predicted molar refractivity (Wildman–Crippen MR) is 147 cm³/mol. The smallest absolute Gasteiger partial charge is 0.404 e. The van der Waals surface area contributed by atoms with Crippen LogP contribution in [-0.2, 0) is 10.9 Å². The summed E-state index contributed by atoms with van der Waals surface area (Å²) in [6.45, 7) is 3.69. The molecule has 0 radical (unpaired) electrons. The lowest BCUT2D eigenvalue weighted by Crippen LogP contribution is -2.21. The van der Waals surface area contributed by atoms with Gasteiger partial charge in [-0.1, -0.05) is 6.92 Å². The molecule has 2 aromatic rings. The van der Waals surface area contributed by atoms with Crippen molar-refractivity contribution in [2.24, 2.45) is 10.7 Å². The van der Waals surface area contributed by atoms with Crippen molar-refractivity contribution in [3.8, 4) is 11.3 Å². The molecule has 1 aliphatic carbocycles. The molecule has 1 heterocycles. The zero-order valence-electron chi connectivity index (χ0n) is 23.3. The molecule has 40 heavy (non-hydrogen) atoms. The molecule has 0 aliphatic heterocycles. The number of aromatic nitrogens is 2. The average molecular weight is 562 g/mol. The molecule has 2 atom stereocenters. The highest BCUT2D eigenvalue weighted by molar-refractivity contribution is 5.86. The Morgan fingerprint density at radius 3 is 2.48 bits per heavy atom. The number of hydrogen-bond acceptors (Lipinski definition) is 7. The molecule has 1 fully saturated rings. The zero-order valence-corrected chi connectivity index (χ0v) is 23.3. The first-order valence-electron chi connectivity index (χ1n) is 13.0.